The summed E-state index contributed by atoms with van der Waals surface area (Å²) < 4.78 is 108. The standard InChI is InChI=1S/C26H28F7N5O2.ClH/c1-16(18-10-19(25(28,29)30)12-20(11-18)26(31,32)33)40-24-23(17-4-6-21(27)7-5-17)37(8-9-39-24)15-38-14-22(34-35-38)13-36(2)3;/h4-7,10-12,14,16,23-24H,8-9,13,15H2,1-3H3;1H/t16-,23+,24-;/m1./s1. The monoisotopic (exact) mass is 611 g/mol. The maximum absolute atomic E-state index is 13.7. The summed E-state index contributed by atoms with van der Waals surface area (Å²) in [4.78, 5) is 3.84. The van der Waals surface area contributed by atoms with Crippen LogP contribution in [0.5, 0.6) is 0 Å². The summed E-state index contributed by atoms with van der Waals surface area (Å²) in [5.74, 6) is -0.480. The van der Waals surface area contributed by atoms with Gasteiger partial charge in [0.1, 0.15) is 5.82 Å². The van der Waals surface area contributed by atoms with E-state index >= 15 is 0 Å². The van der Waals surface area contributed by atoms with Crippen LogP contribution in [0.1, 0.15) is 47.0 Å². The quantitative estimate of drug-likeness (QED) is 0.288. The summed E-state index contributed by atoms with van der Waals surface area (Å²) >= 11 is 0. The molecule has 226 valence electrons. The van der Waals surface area contributed by atoms with Crippen LogP contribution in [-0.2, 0) is 35.0 Å². The zero-order chi connectivity index (χ0) is 29.2. The highest BCUT2D eigenvalue weighted by Gasteiger charge is 2.39. The van der Waals surface area contributed by atoms with Crippen LogP contribution < -0.4 is 0 Å². The minimum atomic E-state index is -4.99. The molecule has 0 N–H and O–H groups in total. The molecule has 1 saturated heterocycles. The van der Waals surface area contributed by atoms with E-state index in [4.69, 9.17) is 9.47 Å². The van der Waals surface area contributed by atoms with Crippen LogP contribution in [0.25, 0.3) is 0 Å². The summed E-state index contributed by atoms with van der Waals surface area (Å²) in [5.41, 5.74) is -1.89. The predicted molar refractivity (Wildman–Crippen MR) is 136 cm³/mol. The molecule has 4 rings (SSSR count). The Morgan fingerprint density at radius 1 is 1.02 bits per heavy atom. The summed E-state index contributed by atoms with van der Waals surface area (Å²) in [6.45, 7) is 2.68. The Labute approximate surface area is 238 Å². The van der Waals surface area contributed by atoms with E-state index in [9.17, 15) is 30.7 Å². The fraction of sp³-hybridized carbons (Fsp3) is 0.462. The molecule has 3 atom stereocenters. The van der Waals surface area contributed by atoms with Gasteiger partial charge in [0, 0.05) is 13.1 Å². The average Bonchev–Trinajstić information content (AvgIpc) is 3.29. The van der Waals surface area contributed by atoms with Gasteiger partial charge in [0.15, 0.2) is 6.29 Å². The van der Waals surface area contributed by atoms with Crippen molar-refractivity contribution < 1.29 is 40.2 Å². The van der Waals surface area contributed by atoms with E-state index in [1.54, 1.807) is 10.9 Å². The van der Waals surface area contributed by atoms with Gasteiger partial charge in [-0.15, -0.1) is 17.5 Å². The Kier molecular flexibility index (Phi) is 10.4. The van der Waals surface area contributed by atoms with Crippen molar-refractivity contribution in [3.05, 3.63) is 82.4 Å². The first-order valence-electron chi connectivity index (χ1n) is 12.3. The van der Waals surface area contributed by atoms with Gasteiger partial charge in [-0.3, -0.25) is 4.90 Å². The second kappa shape index (κ2) is 13.0. The van der Waals surface area contributed by atoms with E-state index in [2.05, 4.69) is 10.3 Å². The first-order valence-corrected chi connectivity index (χ1v) is 12.3. The molecule has 1 aliphatic rings. The van der Waals surface area contributed by atoms with Crippen LogP contribution >= 0.6 is 12.4 Å². The molecule has 3 aromatic rings. The number of rotatable bonds is 8. The molecule has 41 heavy (non-hydrogen) atoms. The van der Waals surface area contributed by atoms with Gasteiger partial charge in [0.05, 0.1) is 48.4 Å². The number of aromatic nitrogens is 3. The fourth-order valence-corrected chi connectivity index (χ4v) is 4.47. The maximum Gasteiger partial charge on any atom is 0.416 e. The Morgan fingerprint density at radius 3 is 2.20 bits per heavy atom. The Hall–Kier alpha value is -2.78. The lowest BCUT2D eigenvalue weighted by Crippen LogP contribution is -2.47. The molecule has 0 unspecified atom stereocenters. The Morgan fingerprint density at radius 2 is 1.63 bits per heavy atom. The van der Waals surface area contributed by atoms with E-state index in [1.807, 2.05) is 23.9 Å². The van der Waals surface area contributed by atoms with Crippen LogP contribution in [0.15, 0.2) is 48.7 Å². The number of ether oxygens (including phenoxy) is 2. The molecule has 0 saturated carbocycles. The van der Waals surface area contributed by atoms with E-state index in [1.165, 1.54) is 31.2 Å². The molecule has 2 heterocycles. The third kappa shape index (κ3) is 8.38. The number of benzene rings is 2. The van der Waals surface area contributed by atoms with Gasteiger partial charge in [-0.1, -0.05) is 17.3 Å². The zero-order valence-electron chi connectivity index (χ0n) is 22.3. The summed E-state index contributed by atoms with van der Waals surface area (Å²) in [6.07, 6.45) is -10.5. The maximum atomic E-state index is 13.7. The highest BCUT2D eigenvalue weighted by Crippen LogP contribution is 2.39. The van der Waals surface area contributed by atoms with E-state index in [0.29, 0.717) is 30.8 Å². The molecular weight excluding hydrogens is 583 g/mol. The van der Waals surface area contributed by atoms with E-state index < -0.39 is 47.7 Å². The molecule has 1 aliphatic heterocycles. The predicted octanol–water partition coefficient (Wildman–Crippen LogP) is 6.07. The molecule has 0 radical (unpaired) electrons. The molecule has 0 spiro atoms. The molecule has 0 amide bonds. The molecule has 1 aromatic heterocycles. The highest BCUT2D eigenvalue weighted by atomic mass is 35.5. The summed E-state index contributed by atoms with van der Waals surface area (Å²) in [7, 11) is 3.77. The van der Waals surface area contributed by atoms with Crippen LogP contribution in [0.2, 0.25) is 0 Å². The second-order valence-corrected chi connectivity index (χ2v) is 9.79. The van der Waals surface area contributed by atoms with Gasteiger partial charge in [0.2, 0.25) is 0 Å². The molecule has 1 fully saturated rings. The fourth-order valence-electron chi connectivity index (χ4n) is 4.47. The van der Waals surface area contributed by atoms with Crippen molar-refractivity contribution in [1.29, 1.82) is 0 Å². The van der Waals surface area contributed by atoms with E-state index in [0.717, 1.165) is 5.69 Å². The number of halogens is 8. The first-order chi connectivity index (χ1) is 18.7. The van der Waals surface area contributed by atoms with Gasteiger partial charge in [-0.25, -0.2) is 9.07 Å². The lowest BCUT2D eigenvalue weighted by atomic mass is 10.0. The largest absolute Gasteiger partial charge is 0.416 e. The van der Waals surface area contributed by atoms with Crippen molar-refractivity contribution in [2.45, 2.75) is 50.9 Å². The lowest BCUT2D eigenvalue weighted by molar-refractivity contribution is -0.234. The van der Waals surface area contributed by atoms with Crippen LogP contribution in [0, 0.1) is 5.82 Å². The highest BCUT2D eigenvalue weighted by molar-refractivity contribution is 5.85. The number of morpholine rings is 1. The van der Waals surface area contributed by atoms with Gasteiger partial charge >= 0.3 is 12.4 Å². The molecule has 0 bridgehead atoms. The van der Waals surface area contributed by atoms with Crippen molar-refractivity contribution >= 4 is 12.4 Å². The zero-order valence-corrected chi connectivity index (χ0v) is 23.1. The van der Waals surface area contributed by atoms with Gasteiger partial charge in [-0.2, -0.15) is 26.3 Å². The SMILES string of the molecule is C[C@@H](O[C@H]1OCCN(Cn2cc(CN(C)C)nn2)[C@H]1c1ccc(F)cc1)c1cc(C(F)(F)F)cc(C(F)(F)F)c1.Cl. The van der Waals surface area contributed by atoms with Crippen LogP contribution in [0.4, 0.5) is 30.7 Å². The van der Waals surface area contributed by atoms with Crippen molar-refractivity contribution in [3.63, 3.8) is 0 Å². The van der Waals surface area contributed by atoms with Crippen LogP contribution in [0.3, 0.4) is 0 Å². The first kappa shape index (κ1) is 32.7. The molecule has 15 heteroatoms. The summed E-state index contributed by atoms with van der Waals surface area (Å²) in [6, 6.07) is 6.18. The minimum Gasteiger partial charge on any atom is -0.349 e. The van der Waals surface area contributed by atoms with Gasteiger partial charge in [0.25, 0.3) is 0 Å². The molecular formula is C26H29ClF7N5O2. The van der Waals surface area contributed by atoms with Crippen molar-refractivity contribution in [1.82, 2.24) is 24.8 Å². The van der Waals surface area contributed by atoms with Gasteiger partial charge < -0.3 is 14.4 Å². The van der Waals surface area contributed by atoms with Crippen LogP contribution in [-0.4, -0.2) is 58.3 Å². The second-order valence-electron chi connectivity index (χ2n) is 9.79. The number of nitrogens with zero attached hydrogens (tertiary/aromatic N) is 5. The molecule has 0 aliphatic carbocycles. The molecule has 7 nitrogen and oxygen atoms in total. The lowest BCUT2D eigenvalue weighted by Gasteiger charge is -2.41. The number of hydrogen-bond acceptors (Lipinski definition) is 6. The molecule has 2 aromatic carbocycles. The number of hydrogen-bond donors (Lipinski definition) is 0. The minimum absolute atomic E-state index is 0. The van der Waals surface area contributed by atoms with Crippen molar-refractivity contribution in [3.8, 4) is 0 Å². The Balaban J connectivity index is 0.00000462. The number of alkyl halides is 6. The Bertz CT molecular complexity index is 1250. The smallest absolute Gasteiger partial charge is 0.349 e. The summed E-state index contributed by atoms with van der Waals surface area (Å²) in [5, 5.41) is 8.29. The topological polar surface area (TPSA) is 55.7 Å². The third-order valence-electron chi connectivity index (χ3n) is 6.33. The van der Waals surface area contributed by atoms with Gasteiger partial charge in [-0.05, 0) is 62.5 Å². The third-order valence-corrected chi connectivity index (χ3v) is 6.33. The van der Waals surface area contributed by atoms with E-state index in [-0.39, 0.29) is 37.3 Å². The average molecular weight is 612 g/mol. The van der Waals surface area contributed by atoms with Crippen molar-refractivity contribution in [2.75, 3.05) is 27.2 Å². The van der Waals surface area contributed by atoms with Crippen molar-refractivity contribution in [2.24, 2.45) is 0 Å². The normalized spacial score (nSPS) is 19.3.